The Morgan fingerprint density at radius 3 is 2.21 bits per heavy atom. The zero-order valence-corrected chi connectivity index (χ0v) is 13.4. The molecular formula is C17H20IN. The Kier molecular flexibility index (Phi) is 4.99. The van der Waals surface area contributed by atoms with Crippen molar-refractivity contribution in [1.29, 1.82) is 0 Å². The fourth-order valence-corrected chi connectivity index (χ4v) is 2.88. The Bertz CT molecular complexity index is 507. The number of hydrogen-bond acceptors (Lipinski definition) is 1. The first-order valence-electron chi connectivity index (χ1n) is 6.73. The van der Waals surface area contributed by atoms with Crippen LogP contribution in [0.5, 0.6) is 0 Å². The largest absolute Gasteiger partial charge is 0.321 e. The summed E-state index contributed by atoms with van der Waals surface area (Å²) in [6, 6.07) is 19.1. The van der Waals surface area contributed by atoms with Gasteiger partial charge in [0, 0.05) is 9.11 Å². The van der Waals surface area contributed by atoms with Gasteiger partial charge in [0.2, 0.25) is 0 Å². The minimum absolute atomic E-state index is 0.261. The van der Waals surface area contributed by atoms with E-state index >= 15 is 0 Å². The molecule has 100 valence electrons. The zero-order valence-electron chi connectivity index (χ0n) is 11.3. The zero-order chi connectivity index (χ0) is 13.7. The second-order valence-electron chi connectivity index (χ2n) is 5.08. The molecule has 0 aliphatic rings. The maximum atomic E-state index is 6.70. The number of hydrogen-bond donors (Lipinski definition) is 1. The molecule has 0 heterocycles. The van der Waals surface area contributed by atoms with E-state index in [0.29, 0.717) is 0 Å². The van der Waals surface area contributed by atoms with Gasteiger partial charge in [-0.25, -0.2) is 0 Å². The lowest BCUT2D eigenvalue weighted by Gasteiger charge is -2.30. The van der Waals surface area contributed by atoms with Crippen molar-refractivity contribution in [1.82, 2.24) is 0 Å². The molecule has 0 aliphatic heterocycles. The molecule has 2 N–H and O–H groups in total. The summed E-state index contributed by atoms with van der Waals surface area (Å²) >= 11 is 2.33. The third kappa shape index (κ3) is 3.80. The summed E-state index contributed by atoms with van der Waals surface area (Å²) in [7, 11) is 0. The van der Waals surface area contributed by atoms with Gasteiger partial charge in [-0.3, -0.25) is 0 Å². The summed E-state index contributed by atoms with van der Waals surface area (Å²) < 4.78 is 1.26. The van der Waals surface area contributed by atoms with E-state index in [1.807, 2.05) is 6.07 Å². The highest BCUT2D eigenvalue weighted by Crippen LogP contribution is 2.28. The molecule has 2 aromatic carbocycles. The van der Waals surface area contributed by atoms with Crippen LogP contribution in [0.4, 0.5) is 0 Å². The minimum atomic E-state index is -0.261. The topological polar surface area (TPSA) is 26.0 Å². The van der Waals surface area contributed by atoms with Gasteiger partial charge < -0.3 is 5.73 Å². The minimum Gasteiger partial charge on any atom is -0.321 e. The first kappa shape index (κ1) is 14.5. The molecule has 0 radical (unpaired) electrons. The molecule has 1 atom stereocenters. The average Bonchev–Trinajstić information content (AvgIpc) is 2.43. The molecule has 2 aromatic rings. The molecule has 0 aliphatic carbocycles. The Hall–Kier alpha value is -0.870. The molecule has 0 fully saturated rings. The Labute approximate surface area is 129 Å². The van der Waals surface area contributed by atoms with Crippen LogP contribution in [0, 0.1) is 3.57 Å². The summed E-state index contributed by atoms with van der Waals surface area (Å²) in [5.41, 5.74) is 8.97. The Morgan fingerprint density at radius 1 is 1.00 bits per heavy atom. The van der Waals surface area contributed by atoms with Gasteiger partial charge >= 0.3 is 0 Å². The van der Waals surface area contributed by atoms with Gasteiger partial charge in [0.25, 0.3) is 0 Å². The molecule has 0 saturated carbocycles. The van der Waals surface area contributed by atoms with Crippen molar-refractivity contribution in [3.63, 3.8) is 0 Å². The Morgan fingerprint density at radius 2 is 1.63 bits per heavy atom. The van der Waals surface area contributed by atoms with Crippen molar-refractivity contribution in [2.45, 2.75) is 31.7 Å². The molecule has 2 heteroatoms. The predicted molar refractivity (Wildman–Crippen MR) is 90.1 cm³/mol. The first-order valence-corrected chi connectivity index (χ1v) is 7.81. The van der Waals surface area contributed by atoms with Crippen molar-refractivity contribution in [2.75, 3.05) is 0 Å². The van der Waals surface area contributed by atoms with Gasteiger partial charge in [0.1, 0.15) is 0 Å². The van der Waals surface area contributed by atoms with Crippen LogP contribution in [0.2, 0.25) is 0 Å². The lowest BCUT2D eigenvalue weighted by atomic mass is 9.81. The van der Waals surface area contributed by atoms with Crippen molar-refractivity contribution < 1.29 is 0 Å². The van der Waals surface area contributed by atoms with Gasteiger partial charge in [-0.15, -0.1) is 0 Å². The SMILES string of the molecule is CCCC(N)(Cc1ccc(I)cc1)c1ccccc1. The first-order chi connectivity index (χ1) is 9.14. The Balaban J connectivity index is 2.27. The quantitative estimate of drug-likeness (QED) is 0.777. The van der Waals surface area contributed by atoms with Crippen molar-refractivity contribution in [3.8, 4) is 0 Å². The molecule has 1 nitrogen and oxygen atoms in total. The van der Waals surface area contributed by atoms with Crippen LogP contribution in [0.3, 0.4) is 0 Å². The summed E-state index contributed by atoms with van der Waals surface area (Å²) in [6.45, 7) is 2.19. The molecule has 2 rings (SSSR count). The highest BCUT2D eigenvalue weighted by Gasteiger charge is 2.26. The molecule has 0 bridgehead atoms. The van der Waals surface area contributed by atoms with Gasteiger partial charge in [-0.05, 0) is 58.7 Å². The van der Waals surface area contributed by atoms with E-state index in [1.54, 1.807) is 0 Å². The van der Waals surface area contributed by atoms with E-state index in [2.05, 4.69) is 78.0 Å². The molecule has 19 heavy (non-hydrogen) atoms. The van der Waals surface area contributed by atoms with E-state index < -0.39 is 0 Å². The van der Waals surface area contributed by atoms with E-state index in [-0.39, 0.29) is 5.54 Å². The summed E-state index contributed by atoms with van der Waals surface area (Å²) in [5.74, 6) is 0. The monoisotopic (exact) mass is 365 g/mol. The van der Waals surface area contributed by atoms with Crippen LogP contribution >= 0.6 is 22.6 Å². The highest BCUT2D eigenvalue weighted by molar-refractivity contribution is 14.1. The second kappa shape index (κ2) is 6.53. The van der Waals surface area contributed by atoms with Crippen molar-refractivity contribution in [2.24, 2.45) is 5.73 Å². The van der Waals surface area contributed by atoms with Crippen molar-refractivity contribution >= 4 is 22.6 Å². The standard InChI is InChI=1S/C17H20IN/c1-2-12-17(19,15-6-4-3-5-7-15)13-14-8-10-16(18)11-9-14/h3-11H,2,12-13,19H2,1H3. The number of rotatable bonds is 5. The van der Waals surface area contributed by atoms with Gasteiger partial charge in [0.05, 0.1) is 0 Å². The van der Waals surface area contributed by atoms with Crippen LogP contribution < -0.4 is 5.73 Å². The maximum Gasteiger partial charge on any atom is 0.0450 e. The average molecular weight is 365 g/mol. The summed E-state index contributed by atoms with van der Waals surface area (Å²) in [6.07, 6.45) is 2.99. The van der Waals surface area contributed by atoms with E-state index in [1.165, 1.54) is 14.7 Å². The van der Waals surface area contributed by atoms with E-state index in [9.17, 15) is 0 Å². The normalized spacial score (nSPS) is 14.1. The summed E-state index contributed by atoms with van der Waals surface area (Å²) in [4.78, 5) is 0. The van der Waals surface area contributed by atoms with Crippen LogP contribution in [0.1, 0.15) is 30.9 Å². The molecule has 0 spiro atoms. The number of benzene rings is 2. The van der Waals surface area contributed by atoms with Gasteiger partial charge in [0.15, 0.2) is 0 Å². The van der Waals surface area contributed by atoms with E-state index in [0.717, 1.165) is 19.3 Å². The van der Waals surface area contributed by atoms with Crippen LogP contribution in [0.15, 0.2) is 54.6 Å². The third-order valence-corrected chi connectivity index (χ3v) is 4.20. The van der Waals surface area contributed by atoms with Crippen LogP contribution in [-0.2, 0) is 12.0 Å². The lowest BCUT2D eigenvalue weighted by molar-refractivity contribution is 0.401. The number of halogens is 1. The van der Waals surface area contributed by atoms with Crippen molar-refractivity contribution in [3.05, 3.63) is 69.3 Å². The van der Waals surface area contributed by atoms with Crippen LogP contribution in [-0.4, -0.2) is 0 Å². The predicted octanol–water partition coefficient (Wildman–Crippen LogP) is 4.49. The van der Waals surface area contributed by atoms with Gasteiger partial charge in [-0.2, -0.15) is 0 Å². The maximum absolute atomic E-state index is 6.70. The fourth-order valence-electron chi connectivity index (χ4n) is 2.52. The third-order valence-electron chi connectivity index (χ3n) is 3.48. The molecule has 1 unspecified atom stereocenters. The summed E-state index contributed by atoms with van der Waals surface area (Å²) in [5, 5.41) is 0. The second-order valence-corrected chi connectivity index (χ2v) is 6.32. The van der Waals surface area contributed by atoms with E-state index in [4.69, 9.17) is 5.73 Å². The lowest BCUT2D eigenvalue weighted by Crippen LogP contribution is -2.38. The molecule has 0 amide bonds. The highest BCUT2D eigenvalue weighted by atomic mass is 127. The molecular weight excluding hydrogens is 345 g/mol. The molecule has 0 saturated heterocycles. The smallest absolute Gasteiger partial charge is 0.0450 e. The fraction of sp³-hybridized carbons (Fsp3) is 0.294. The molecule has 0 aromatic heterocycles. The number of nitrogens with two attached hydrogens (primary N) is 1. The van der Waals surface area contributed by atoms with Crippen LogP contribution in [0.25, 0.3) is 0 Å². The van der Waals surface area contributed by atoms with Gasteiger partial charge in [-0.1, -0.05) is 55.8 Å².